The van der Waals surface area contributed by atoms with Crippen LogP contribution in [0.1, 0.15) is 21.1 Å². The lowest BCUT2D eigenvalue weighted by molar-refractivity contribution is 0.0997. The SMILES string of the molecule is O=C(Nc1c(C(=O)Nc2ccc(F)cc2)oc2ccccc12)c1cc2ccccc2o1. The van der Waals surface area contributed by atoms with Crippen LogP contribution in [0.15, 0.2) is 87.7 Å². The van der Waals surface area contributed by atoms with E-state index in [4.69, 9.17) is 8.83 Å². The molecule has 0 fully saturated rings. The molecule has 2 amide bonds. The van der Waals surface area contributed by atoms with Crippen molar-refractivity contribution in [1.82, 2.24) is 0 Å². The lowest BCUT2D eigenvalue weighted by atomic mass is 10.2. The number of furan rings is 2. The van der Waals surface area contributed by atoms with E-state index in [0.29, 0.717) is 22.2 Å². The first-order chi connectivity index (χ1) is 15.1. The van der Waals surface area contributed by atoms with Gasteiger partial charge >= 0.3 is 0 Å². The summed E-state index contributed by atoms with van der Waals surface area (Å²) in [6.07, 6.45) is 0. The van der Waals surface area contributed by atoms with E-state index >= 15 is 0 Å². The van der Waals surface area contributed by atoms with Crippen LogP contribution in [0, 0.1) is 5.82 Å². The summed E-state index contributed by atoms with van der Waals surface area (Å²) in [5, 5.41) is 6.74. The second-order valence-corrected chi connectivity index (χ2v) is 6.87. The van der Waals surface area contributed by atoms with Crippen molar-refractivity contribution in [2.75, 3.05) is 10.6 Å². The third kappa shape index (κ3) is 3.53. The summed E-state index contributed by atoms with van der Waals surface area (Å²) >= 11 is 0. The minimum absolute atomic E-state index is 0.0741. The fraction of sp³-hybridized carbons (Fsp3) is 0. The fourth-order valence-corrected chi connectivity index (χ4v) is 3.32. The number of hydrogen-bond donors (Lipinski definition) is 2. The molecule has 0 saturated carbocycles. The largest absolute Gasteiger partial charge is 0.451 e. The molecule has 31 heavy (non-hydrogen) atoms. The van der Waals surface area contributed by atoms with Gasteiger partial charge in [-0.05, 0) is 48.5 Å². The van der Waals surface area contributed by atoms with Crippen LogP contribution in [0.5, 0.6) is 0 Å². The Labute approximate surface area is 175 Å². The predicted molar refractivity (Wildman–Crippen MR) is 115 cm³/mol. The number of rotatable bonds is 4. The Balaban J connectivity index is 1.50. The van der Waals surface area contributed by atoms with Crippen molar-refractivity contribution in [1.29, 1.82) is 0 Å². The Bertz CT molecular complexity index is 1400. The van der Waals surface area contributed by atoms with Crippen LogP contribution in [-0.4, -0.2) is 11.8 Å². The summed E-state index contributed by atoms with van der Waals surface area (Å²) in [6.45, 7) is 0. The molecule has 0 bridgehead atoms. The standard InChI is InChI=1S/C24H15FN2O4/c25-15-9-11-16(12-10-15)26-24(29)22-21(17-6-2-4-8-19(17)31-22)27-23(28)20-13-14-5-1-3-7-18(14)30-20/h1-13H,(H,26,29)(H,27,28). The van der Waals surface area contributed by atoms with Gasteiger partial charge in [0.25, 0.3) is 11.8 Å². The number of para-hydroxylation sites is 2. The summed E-state index contributed by atoms with van der Waals surface area (Å²) in [4.78, 5) is 25.8. The Morgan fingerprint density at radius 1 is 0.742 bits per heavy atom. The number of fused-ring (bicyclic) bond motifs is 2. The first-order valence-electron chi connectivity index (χ1n) is 9.47. The summed E-state index contributed by atoms with van der Waals surface area (Å²) in [5.74, 6) is -1.48. The Morgan fingerprint density at radius 2 is 1.45 bits per heavy atom. The van der Waals surface area contributed by atoms with Crippen LogP contribution in [0.4, 0.5) is 15.8 Å². The topological polar surface area (TPSA) is 84.5 Å². The van der Waals surface area contributed by atoms with E-state index in [-0.39, 0.29) is 17.2 Å². The molecular formula is C24H15FN2O4. The molecule has 0 atom stereocenters. The van der Waals surface area contributed by atoms with Crippen molar-refractivity contribution in [2.24, 2.45) is 0 Å². The van der Waals surface area contributed by atoms with Crippen LogP contribution >= 0.6 is 0 Å². The smallest absolute Gasteiger partial charge is 0.293 e. The van der Waals surface area contributed by atoms with Crippen LogP contribution in [0.25, 0.3) is 21.9 Å². The van der Waals surface area contributed by atoms with Crippen molar-refractivity contribution in [3.8, 4) is 0 Å². The van der Waals surface area contributed by atoms with Crippen molar-refractivity contribution >= 4 is 45.1 Å². The molecule has 2 heterocycles. The highest BCUT2D eigenvalue weighted by atomic mass is 19.1. The molecule has 2 aromatic heterocycles. The van der Waals surface area contributed by atoms with E-state index in [9.17, 15) is 14.0 Å². The zero-order valence-corrected chi connectivity index (χ0v) is 16.0. The average molecular weight is 414 g/mol. The number of carbonyl (C=O) groups excluding carboxylic acids is 2. The molecule has 0 aliphatic rings. The monoisotopic (exact) mass is 414 g/mol. The highest BCUT2D eigenvalue weighted by Crippen LogP contribution is 2.32. The van der Waals surface area contributed by atoms with E-state index in [1.807, 2.05) is 18.2 Å². The van der Waals surface area contributed by atoms with Crippen LogP contribution in [0.2, 0.25) is 0 Å². The number of amides is 2. The van der Waals surface area contributed by atoms with Gasteiger partial charge in [0, 0.05) is 16.5 Å². The molecule has 0 radical (unpaired) electrons. The number of halogens is 1. The molecule has 2 N–H and O–H groups in total. The van der Waals surface area contributed by atoms with Gasteiger partial charge in [0.05, 0.1) is 0 Å². The van der Waals surface area contributed by atoms with Crippen molar-refractivity contribution in [3.63, 3.8) is 0 Å². The third-order valence-corrected chi connectivity index (χ3v) is 4.79. The molecule has 7 heteroatoms. The van der Waals surface area contributed by atoms with E-state index in [1.54, 1.807) is 36.4 Å². The van der Waals surface area contributed by atoms with Crippen LogP contribution in [-0.2, 0) is 0 Å². The third-order valence-electron chi connectivity index (χ3n) is 4.79. The van der Waals surface area contributed by atoms with Crippen molar-refractivity contribution < 1.29 is 22.8 Å². The van der Waals surface area contributed by atoms with E-state index in [0.717, 1.165) is 5.39 Å². The van der Waals surface area contributed by atoms with Crippen LogP contribution in [0.3, 0.4) is 0 Å². The second-order valence-electron chi connectivity index (χ2n) is 6.87. The second kappa shape index (κ2) is 7.46. The average Bonchev–Trinajstić information content (AvgIpc) is 3.37. The first-order valence-corrected chi connectivity index (χ1v) is 9.47. The number of hydrogen-bond acceptors (Lipinski definition) is 4. The lowest BCUT2D eigenvalue weighted by Gasteiger charge is -2.06. The van der Waals surface area contributed by atoms with Gasteiger partial charge in [0.2, 0.25) is 5.76 Å². The molecular weight excluding hydrogens is 399 g/mol. The maximum atomic E-state index is 13.1. The van der Waals surface area contributed by atoms with Gasteiger partial charge in [0.1, 0.15) is 22.7 Å². The highest BCUT2D eigenvalue weighted by molar-refractivity contribution is 6.16. The van der Waals surface area contributed by atoms with Gasteiger partial charge in [-0.1, -0.05) is 30.3 Å². The molecule has 0 spiro atoms. The molecule has 0 aliphatic carbocycles. The van der Waals surface area contributed by atoms with Crippen LogP contribution < -0.4 is 10.6 Å². The molecule has 0 aliphatic heterocycles. The van der Waals surface area contributed by atoms with Crippen molar-refractivity contribution in [2.45, 2.75) is 0 Å². The van der Waals surface area contributed by atoms with Gasteiger partial charge in [0.15, 0.2) is 5.76 Å². The number of nitrogens with one attached hydrogen (secondary N) is 2. The van der Waals surface area contributed by atoms with E-state index in [2.05, 4.69) is 10.6 Å². The van der Waals surface area contributed by atoms with Gasteiger partial charge in [-0.25, -0.2) is 4.39 Å². The molecule has 0 unspecified atom stereocenters. The quantitative estimate of drug-likeness (QED) is 0.388. The summed E-state index contributed by atoms with van der Waals surface area (Å²) in [6, 6.07) is 21.2. The summed E-state index contributed by atoms with van der Waals surface area (Å²) in [7, 11) is 0. The van der Waals surface area contributed by atoms with Crippen molar-refractivity contribution in [3.05, 3.63) is 96.2 Å². The number of carbonyl (C=O) groups is 2. The molecule has 5 aromatic rings. The fourth-order valence-electron chi connectivity index (χ4n) is 3.32. The zero-order chi connectivity index (χ0) is 21.4. The van der Waals surface area contributed by atoms with E-state index in [1.165, 1.54) is 24.3 Å². The number of anilines is 2. The Morgan fingerprint density at radius 3 is 2.23 bits per heavy atom. The maximum absolute atomic E-state index is 13.1. The minimum Gasteiger partial charge on any atom is -0.451 e. The Kier molecular flexibility index (Phi) is 4.48. The van der Waals surface area contributed by atoms with Gasteiger partial charge in [-0.15, -0.1) is 0 Å². The highest BCUT2D eigenvalue weighted by Gasteiger charge is 2.24. The Hall–Kier alpha value is -4.39. The van der Waals surface area contributed by atoms with E-state index < -0.39 is 17.6 Å². The minimum atomic E-state index is -0.581. The summed E-state index contributed by atoms with van der Waals surface area (Å²) in [5.41, 5.74) is 1.63. The molecule has 6 nitrogen and oxygen atoms in total. The molecule has 152 valence electrons. The van der Waals surface area contributed by atoms with Gasteiger partial charge < -0.3 is 19.5 Å². The summed E-state index contributed by atoms with van der Waals surface area (Å²) < 4.78 is 24.5. The predicted octanol–water partition coefficient (Wildman–Crippen LogP) is 5.82. The van der Waals surface area contributed by atoms with Gasteiger partial charge in [-0.2, -0.15) is 0 Å². The molecule has 0 saturated heterocycles. The lowest BCUT2D eigenvalue weighted by Crippen LogP contribution is -2.16. The molecule has 5 rings (SSSR count). The number of benzene rings is 3. The molecule has 3 aromatic carbocycles. The first kappa shape index (κ1) is 18.6. The normalized spacial score (nSPS) is 11.0. The zero-order valence-electron chi connectivity index (χ0n) is 16.0. The maximum Gasteiger partial charge on any atom is 0.293 e. The van der Waals surface area contributed by atoms with Gasteiger partial charge in [-0.3, -0.25) is 9.59 Å².